The van der Waals surface area contributed by atoms with Crippen molar-refractivity contribution < 1.29 is 18.0 Å². The summed E-state index contributed by atoms with van der Waals surface area (Å²) in [6, 6.07) is 3.19. The molecule has 0 unspecified atom stereocenters. The summed E-state index contributed by atoms with van der Waals surface area (Å²) in [5, 5.41) is 3.83. The van der Waals surface area contributed by atoms with Crippen LogP contribution in [0.4, 0.5) is 24.5 Å². The van der Waals surface area contributed by atoms with Crippen LogP contribution >= 0.6 is 11.3 Å². The van der Waals surface area contributed by atoms with Crippen LogP contribution in [-0.4, -0.2) is 10.9 Å². The number of thiazole rings is 1. The van der Waals surface area contributed by atoms with Gasteiger partial charge < -0.3 is 11.1 Å². The van der Waals surface area contributed by atoms with Gasteiger partial charge in [0.25, 0.3) is 5.91 Å². The summed E-state index contributed by atoms with van der Waals surface area (Å²) >= 11 is 1.22. The Bertz CT molecular complexity index is 596. The Kier molecular flexibility index (Phi) is 3.43. The Morgan fingerprint density at radius 2 is 2.11 bits per heavy atom. The first kappa shape index (κ1) is 13.3. The van der Waals surface area contributed by atoms with Gasteiger partial charge in [-0.2, -0.15) is 13.2 Å². The smallest absolute Gasteiger partial charge is 0.398 e. The fourth-order valence-electron chi connectivity index (χ4n) is 1.40. The van der Waals surface area contributed by atoms with Crippen LogP contribution in [0.2, 0.25) is 0 Å². The van der Waals surface area contributed by atoms with E-state index in [-0.39, 0.29) is 17.1 Å². The van der Waals surface area contributed by atoms with E-state index in [2.05, 4.69) is 10.3 Å². The number of carbonyl (C=O) groups is 1. The number of nitrogen functional groups attached to an aromatic ring is 1. The third kappa shape index (κ3) is 3.02. The number of aromatic nitrogens is 1. The van der Waals surface area contributed by atoms with Crippen LogP contribution in [0.5, 0.6) is 0 Å². The number of benzene rings is 1. The molecule has 2 aromatic rings. The molecule has 0 saturated heterocycles. The summed E-state index contributed by atoms with van der Waals surface area (Å²) < 4.78 is 37.9. The van der Waals surface area contributed by atoms with Crippen LogP contribution in [0.1, 0.15) is 16.1 Å². The molecule has 0 fully saturated rings. The number of hydrogen-bond acceptors (Lipinski definition) is 4. The first-order chi connectivity index (χ1) is 8.88. The van der Waals surface area contributed by atoms with E-state index in [9.17, 15) is 18.0 Å². The average molecular weight is 287 g/mol. The number of anilines is 2. The van der Waals surface area contributed by atoms with Crippen molar-refractivity contribution in [1.82, 2.24) is 4.98 Å². The quantitative estimate of drug-likeness (QED) is 0.834. The zero-order valence-electron chi connectivity index (χ0n) is 9.36. The molecule has 1 amide bonds. The van der Waals surface area contributed by atoms with E-state index in [0.717, 1.165) is 12.1 Å². The second kappa shape index (κ2) is 4.88. The van der Waals surface area contributed by atoms with Crippen molar-refractivity contribution in [2.24, 2.45) is 0 Å². The van der Waals surface area contributed by atoms with E-state index < -0.39 is 17.6 Å². The Hall–Kier alpha value is -2.09. The number of nitrogens with one attached hydrogen (secondary N) is 1. The highest BCUT2D eigenvalue weighted by atomic mass is 32.1. The van der Waals surface area contributed by atoms with Gasteiger partial charge in [-0.1, -0.05) is 0 Å². The van der Waals surface area contributed by atoms with Crippen LogP contribution in [0.3, 0.4) is 0 Å². The highest BCUT2D eigenvalue weighted by Crippen LogP contribution is 2.35. The van der Waals surface area contributed by atoms with E-state index in [1.165, 1.54) is 28.3 Å². The van der Waals surface area contributed by atoms with Crippen molar-refractivity contribution in [1.29, 1.82) is 0 Å². The molecular weight excluding hydrogens is 279 g/mol. The van der Waals surface area contributed by atoms with Crippen molar-refractivity contribution in [3.63, 3.8) is 0 Å². The third-order valence-electron chi connectivity index (χ3n) is 2.28. The summed E-state index contributed by atoms with van der Waals surface area (Å²) in [4.78, 5) is 15.4. The average Bonchev–Trinajstić information content (AvgIpc) is 2.83. The third-order valence-corrected chi connectivity index (χ3v) is 2.87. The minimum absolute atomic E-state index is 0.0134. The Balaban J connectivity index is 2.25. The van der Waals surface area contributed by atoms with Gasteiger partial charge in [-0.15, -0.1) is 11.3 Å². The first-order valence-corrected chi connectivity index (χ1v) is 5.98. The van der Waals surface area contributed by atoms with Gasteiger partial charge in [-0.3, -0.25) is 4.79 Å². The van der Waals surface area contributed by atoms with E-state index >= 15 is 0 Å². The largest absolute Gasteiger partial charge is 0.418 e. The number of nitrogens with zero attached hydrogens (tertiary/aromatic N) is 1. The van der Waals surface area contributed by atoms with Crippen LogP contribution in [0, 0.1) is 0 Å². The van der Waals surface area contributed by atoms with Crippen molar-refractivity contribution >= 4 is 28.6 Å². The lowest BCUT2D eigenvalue weighted by molar-refractivity contribution is -0.136. The number of amides is 1. The maximum Gasteiger partial charge on any atom is 0.418 e. The number of hydrogen-bond donors (Lipinski definition) is 2. The molecule has 3 N–H and O–H groups in total. The molecule has 0 aliphatic rings. The fourth-order valence-corrected chi connectivity index (χ4v) is 1.93. The molecule has 1 aromatic carbocycles. The number of halogens is 3. The van der Waals surface area contributed by atoms with E-state index in [0.29, 0.717) is 0 Å². The Labute approximate surface area is 110 Å². The summed E-state index contributed by atoms with van der Waals surface area (Å²) in [7, 11) is 0. The number of rotatable bonds is 2. The summed E-state index contributed by atoms with van der Waals surface area (Å²) in [5.74, 6) is -0.570. The normalized spacial score (nSPS) is 11.3. The second-order valence-corrected chi connectivity index (χ2v) is 4.35. The molecule has 0 radical (unpaired) electrons. The molecule has 0 bridgehead atoms. The van der Waals surface area contributed by atoms with Gasteiger partial charge in [0.15, 0.2) is 0 Å². The van der Waals surface area contributed by atoms with Crippen LogP contribution in [0.25, 0.3) is 0 Å². The van der Waals surface area contributed by atoms with Gasteiger partial charge in [-0.05, 0) is 18.2 Å². The topological polar surface area (TPSA) is 68.0 Å². The van der Waals surface area contributed by atoms with Crippen molar-refractivity contribution in [2.45, 2.75) is 6.18 Å². The lowest BCUT2D eigenvalue weighted by Crippen LogP contribution is -2.14. The van der Waals surface area contributed by atoms with Gasteiger partial charge in [0.1, 0.15) is 5.69 Å². The van der Waals surface area contributed by atoms with Crippen molar-refractivity contribution in [3.05, 3.63) is 40.3 Å². The van der Waals surface area contributed by atoms with E-state index in [4.69, 9.17) is 5.73 Å². The lowest BCUT2D eigenvalue weighted by Gasteiger charge is -2.12. The van der Waals surface area contributed by atoms with Crippen LogP contribution < -0.4 is 11.1 Å². The van der Waals surface area contributed by atoms with Crippen LogP contribution in [-0.2, 0) is 6.18 Å². The maximum absolute atomic E-state index is 12.6. The van der Waals surface area contributed by atoms with Gasteiger partial charge >= 0.3 is 6.18 Å². The fraction of sp³-hybridized carbons (Fsp3) is 0.0909. The molecule has 4 nitrogen and oxygen atoms in total. The molecular formula is C11H8F3N3OS. The monoisotopic (exact) mass is 287 g/mol. The second-order valence-electron chi connectivity index (χ2n) is 3.63. The van der Waals surface area contributed by atoms with E-state index in [1.807, 2.05) is 0 Å². The van der Waals surface area contributed by atoms with Gasteiger partial charge in [0.05, 0.1) is 11.1 Å². The summed E-state index contributed by atoms with van der Waals surface area (Å²) in [6.07, 6.45) is -4.56. The van der Waals surface area contributed by atoms with Gasteiger partial charge in [0.2, 0.25) is 0 Å². The zero-order chi connectivity index (χ0) is 14.0. The predicted octanol–water partition coefficient (Wildman–Crippen LogP) is 3.00. The minimum Gasteiger partial charge on any atom is -0.398 e. The molecule has 1 heterocycles. The molecule has 100 valence electrons. The molecule has 1 aromatic heterocycles. The number of alkyl halides is 3. The molecule has 19 heavy (non-hydrogen) atoms. The molecule has 0 aliphatic heterocycles. The highest BCUT2D eigenvalue weighted by molar-refractivity contribution is 7.07. The molecule has 0 aliphatic carbocycles. The molecule has 8 heteroatoms. The highest BCUT2D eigenvalue weighted by Gasteiger charge is 2.33. The summed E-state index contributed by atoms with van der Waals surface area (Å²) in [6.45, 7) is 0. The zero-order valence-corrected chi connectivity index (χ0v) is 10.2. The summed E-state index contributed by atoms with van der Waals surface area (Å²) in [5.41, 5.74) is 5.50. The predicted molar refractivity (Wildman–Crippen MR) is 65.9 cm³/mol. The SMILES string of the molecule is Nc1ccc(NC(=O)c2cscn2)cc1C(F)(F)F. The number of nitrogens with two attached hydrogens (primary N) is 1. The minimum atomic E-state index is -4.56. The van der Waals surface area contributed by atoms with Crippen molar-refractivity contribution in [3.8, 4) is 0 Å². The Morgan fingerprint density at radius 3 is 2.68 bits per heavy atom. The molecule has 0 spiro atoms. The van der Waals surface area contributed by atoms with Gasteiger partial charge in [0, 0.05) is 16.8 Å². The lowest BCUT2D eigenvalue weighted by atomic mass is 10.1. The standard InChI is InChI=1S/C11H8F3N3OS/c12-11(13,14)7-3-6(1-2-8(7)15)17-10(18)9-4-19-5-16-9/h1-5H,15H2,(H,17,18). The Morgan fingerprint density at radius 1 is 1.37 bits per heavy atom. The molecule has 0 atom stereocenters. The molecule has 2 rings (SSSR count). The maximum atomic E-state index is 12.6. The van der Waals surface area contributed by atoms with E-state index in [1.54, 1.807) is 0 Å². The van der Waals surface area contributed by atoms with Gasteiger partial charge in [-0.25, -0.2) is 4.98 Å². The number of carbonyl (C=O) groups excluding carboxylic acids is 1. The first-order valence-electron chi connectivity index (χ1n) is 5.04. The van der Waals surface area contributed by atoms with Crippen LogP contribution in [0.15, 0.2) is 29.1 Å². The van der Waals surface area contributed by atoms with Crippen molar-refractivity contribution in [2.75, 3.05) is 11.1 Å². The molecule has 0 saturated carbocycles.